The standard InChI is InChI=1S/C16H19N3O3S/c1-21-14-9-17-10-15(19-14)22-12-6-4-11(5-7-12)18-16(20)13-3-2-8-23-13/h2-3,8-12H,4-7H2,1H3,(H,18,20). The van der Waals surface area contributed by atoms with E-state index in [0.717, 1.165) is 30.6 Å². The monoisotopic (exact) mass is 333 g/mol. The van der Waals surface area contributed by atoms with Crippen LogP contribution in [-0.2, 0) is 0 Å². The second kappa shape index (κ2) is 7.41. The molecule has 0 bridgehead atoms. The van der Waals surface area contributed by atoms with E-state index in [1.807, 2.05) is 17.5 Å². The smallest absolute Gasteiger partial charge is 0.261 e. The van der Waals surface area contributed by atoms with E-state index in [4.69, 9.17) is 9.47 Å². The Morgan fingerprint density at radius 1 is 1.26 bits per heavy atom. The third kappa shape index (κ3) is 4.19. The molecule has 1 N–H and O–H groups in total. The zero-order valence-electron chi connectivity index (χ0n) is 12.9. The van der Waals surface area contributed by atoms with Crippen LogP contribution >= 0.6 is 11.3 Å². The number of aromatic nitrogens is 2. The zero-order chi connectivity index (χ0) is 16.1. The minimum absolute atomic E-state index is 0.0167. The van der Waals surface area contributed by atoms with Gasteiger partial charge in [-0.05, 0) is 37.1 Å². The summed E-state index contributed by atoms with van der Waals surface area (Å²) < 4.78 is 10.9. The van der Waals surface area contributed by atoms with Gasteiger partial charge in [-0.3, -0.25) is 9.78 Å². The van der Waals surface area contributed by atoms with E-state index in [1.54, 1.807) is 19.5 Å². The number of hydrogen-bond acceptors (Lipinski definition) is 6. The Kier molecular flexibility index (Phi) is 5.07. The highest BCUT2D eigenvalue weighted by atomic mass is 32.1. The van der Waals surface area contributed by atoms with Gasteiger partial charge < -0.3 is 14.8 Å². The van der Waals surface area contributed by atoms with Crippen LogP contribution in [0.1, 0.15) is 35.4 Å². The fourth-order valence-corrected chi connectivity index (χ4v) is 3.27. The van der Waals surface area contributed by atoms with Gasteiger partial charge in [0.1, 0.15) is 6.10 Å². The molecule has 2 aromatic heterocycles. The molecule has 3 rings (SSSR count). The van der Waals surface area contributed by atoms with Crippen LogP contribution in [-0.4, -0.2) is 35.1 Å². The quantitative estimate of drug-likeness (QED) is 0.910. The zero-order valence-corrected chi connectivity index (χ0v) is 13.7. The van der Waals surface area contributed by atoms with Crippen LogP contribution in [0.25, 0.3) is 0 Å². The number of nitrogens with one attached hydrogen (secondary N) is 1. The van der Waals surface area contributed by atoms with Gasteiger partial charge in [-0.15, -0.1) is 11.3 Å². The van der Waals surface area contributed by atoms with E-state index >= 15 is 0 Å². The van der Waals surface area contributed by atoms with Crippen molar-refractivity contribution in [1.29, 1.82) is 0 Å². The topological polar surface area (TPSA) is 73.3 Å². The average molecular weight is 333 g/mol. The molecule has 0 saturated heterocycles. The molecule has 0 atom stereocenters. The SMILES string of the molecule is COc1cncc(OC2CCC(NC(=O)c3cccs3)CC2)n1. The number of ether oxygens (including phenoxy) is 2. The molecule has 2 heterocycles. The van der Waals surface area contributed by atoms with Gasteiger partial charge in [0.15, 0.2) is 0 Å². The third-order valence-corrected chi connectivity index (χ3v) is 4.71. The summed E-state index contributed by atoms with van der Waals surface area (Å²) in [5.41, 5.74) is 0. The summed E-state index contributed by atoms with van der Waals surface area (Å²) in [6.45, 7) is 0. The van der Waals surface area contributed by atoms with Crippen LogP contribution < -0.4 is 14.8 Å². The van der Waals surface area contributed by atoms with Crippen LogP contribution in [0.3, 0.4) is 0 Å². The van der Waals surface area contributed by atoms with Gasteiger partial charge in [-0.2, -0.15) is 4.98 Å². The molecule has 2 aromatic rings. The molecular weight excluding hydrogens is 314 g/mol. The summed E-state index contributed by atoms with van der Waals surface area (Å²) in [4.78, 5) is 21.1. The van der Waals surface area contributed by atoms with Crippen LogP contribution in [0, 0.1) is 0 Å². The number of carbonyl (C=O) groups excluding carboxylic acids is 1. The van der Waals surface area contributed by atoms with E-state index in [0.29, 0.717) is 11.8 Å². The van der Waals surface area contributed by atoms with Crippen LogP contribution in [0.5, 0.6) is 11.8 Å². The van der Waals surface area contributed by atoms with E-state index in [1.165, 1.54) is 11.3 Å². The molecule has 7 heteroatoms. The minimum atomic E-state index is 0.0167. The molecule has 0 spiro atoms. The Bertz CT molecular complexity index is 640. The lowest BCUT2D eigenvalue weighted by Gasteiger charge is -2.29. The highest BCUT2D eigenvalue weighted by molar-refractivity contribution is 7.12. The molecule has 0 unspecified atom stereocenters. The van der Waals surface area contributed by atoms with E-state index < -0.39 is 0 Å². The second-order valence-corrected chi connectivity index (χ2v) is 6.39. The summed E-state index contributed by atoms with van der Waals surface area (Å²) in [7, 11) is 1.55. The molecule has 0 aliphatic heterocycles. The van der Waals surface area contributed by atoms with Crippen molar-refractivity contribution in [3.8, 4) is 11.8 Å². The normalized spacial score (nSPS) is 20.7. The number of hydrogen-bond donors (Lipinski definition) is 1. The molecule has 6 nitrogen and oxygen atoms in total. The number of thiophene rings is 1. The maximum Gasteiger partial charge on any atom is 0.261 e. The largest absolute Gasteiger partial charge is 0.480 e. The van der Waals surface area contributed by atoms with Crippen molar-refractivity contribution in [3.63, 3.8) is 0 Å². The Balaban J connectivity index is 1.47. The minimum Gasteiger partial charge on any atom is -0.480 e. The van der Waals surface area contributed by atoms with Crippen molar-refractivity contribution in [2.24, 2.45) is 0 Å². The highest BCUT2D eigenvalue weighted by Crippen LogP contribution is 2.24. The van der Waals surface area contributed by atoms with Gasteiger partial charge in [0.05, 0.1) is 24.4 Å². The number of nitrogens with zero attached hydrogens (tertiary/aromatic N) is 2. The van der Waals surface area contributed by atoms with Gasteiger partial charge in [0.2, 0.25) is 11.8 Å². The van der Waals surface area contributed by atoms with Crippen LogP contribution in [0.2, 0.25) is 0 Å². The fourth-order valence-electron chi connectivity index (χ4n) is 2.65. The maximum absolute atomic E-state index is 12.1. The highest BCUT2D eigenvalue weighted by Gasteiger charge is 2.24. The van der Waals surface area contributed by atoms with Crippen molar-refractivity contribution in [1.82, 2.24) is 15.3 Å². The molecule has 1 aliphatic rings. The summed E-state index contributed by atoms with van der Waals surface area (Å²) >= 11 is 1.46. The molecule has 1 fully saturated rings. The first-order valence-corrected chi connectivity index (χ1v) is 8.49. The molecule has 23 heavy (non-hydrogen) atoms. The average Bonchev–Trinajstić information content (AvgIpc) is 3.11. The molecule has 0 radical (unpaired) electrons. The molecule has 1 amide bonds. The molecular formula is C16H19N3O3S. The number of rotatable bonds is 5. The summed E-state index contributed by atoms with van der Waals surface area (Å²) in [6.07, 6.45) is 6.81. The lowest BCUT2D eigenvalue weighted by atomic mass is 9.93. The lowest BCUT2D eigenvalue weighted by molar-refractivity contribution is 0.0893. The molecule has 1 aliphatic carbocycles. The summed E-state index contributed by atoms with van der Waals surface area (Å²) in [5, 5.41) is 5.00. The van der Waals surface area contributed by atoms with E-state index in [-0.39, 0.29) is 18.1 Å². The number of methoxy groups -OCH3 is 1. The van der Waals surface area contributed by atoms with Crippen molar-refractivity contribution < 1.29 is 14.3 Å². The number of amides is 1. The second-order valence-electron chi connectivity index (χ2n) is 5.44. The summed E-state index contributed by atoms with van der Waals surface area (Å²) in [5.74, 6) is 0.942. The Labute approximate surface area is 138 Å². The van der Waals surface area contributed by atoms with Gasteiger partial charge in [-0.25, -0.2) is 0 Å². The van der Waals surface area contributed by atoms with Gasteiger partial charge in [0.25, 0.3) is 5.91 Å². The Hall–Kier alpha value is -2.15. The molecule has 122 valence electrons. The van der Waals surface area contributed by atoms with E-state index in [9.17, 15) is 4.79 Å². The predicted molar refractivity (Wildman–Crippen MR) is 87.0 cm³/mol. The van der Waals surface area contributed by atoms with Crippen molar-refractivity contribution >= 4 is 17.2 Å². The summed E-state index contributed by atoms with van der Waals surface area (Å²) in [6, 6.07) is 3.94. The first kappa shape index (κ1) is 15.7. The van der Waals surface area contributed by atoms with Gasteiger partial charge in [0, 0.05) is 6.04 Å². The van der Waals surface area contributed by atoms with E-state index in [2.05, 4.69) is 15.3 Å². The Morgan fingerprint density at radius 3 is 2.74 bits per heavy atom. The Morgan fingerprint density at radius 2 is 2.04 bits per heavy atom. The number of carbonyl (C=O) groups is 1. The van der Waals surface area contributed by atoms with Crippen molar-refractivity contribution in [2.45, 2.75) is 37.8 Å². The van der Waals surface area contributed by atoms with Crippen LogP contribution in [0.4, 0.5) is 0 Å². The van der Waals surface area contributed by atoms with Crippen molar-refractivity contribution in [2.75, 3.05) is 7.11 Å². The molecule has 0 aromatic carbocycles. The van der Waals surface area contributed by atoms with Crippen LogP contribution in [0.15, 0.2) is 29.9 Å². The first-order chi connectivity index (χ1) is 11.2. The fraction of sp³-hybridized carbons (Fsp3) is 0.438. The first-order valence-electron chi connectivity index (χ1n) is 7.61. The maximum atomic E-state index is 12.1. The van der Waals surface area contributed by atoms with Gasteiger partial charge >= 0.3 is 0 Å². The lowest BCUT2D eigenvalue weighted by Crippen LogP contribution is -2.39. The third-order valence-electron chi connectivity index (χ3n) is 3.84. The molecule has 1 saturated carbocycles. The van der Waals surface area contributed by atoms with Crippen molar-refractivity contribution in [3.05, 3.63) is 34.8 Å². The van der Waals surface area contributed by atoms with Gasteiger partial charge in [-0.1, -0.05) is 6.07 Å². The predicted octanol–water partition coefficient (Wildman–Crippen LogP) is 2.67.